The van der Waals surface area contributed by atoms with Gasteiger partial charge in [0.1, 0.15) is 23.7 Å². The van der Waals surface area contributed by atoms with Crippen molar-refractivity contribution in [3.05, 3.63) is 47.5 Å². The van der Waals surface area contributed by atoms with Crippen LogP contribution >= 0.6 is 0 Å². The van der Waals surface area contributed by atoms with Crippen LogP contribution in [-0.4, -0.2) is 34.5 Å². The van der Waals surface area contributed by atoms with Crippen LogP contribution in [0.3, 0.4) is 0 Å². The van der Waals surface area contributed by atoms with E-state index in [0.29, 0.717) is 16.8 Å². The molecule has 28 heavy (non-hydrogen) atoms. The topological polar surface area (TPSA) is 78.7 Å². The Balaban J connectivity index is 1.77. The smallest absolute Gasteiger partial charge is 0.304 e. The summed E-state index contributed by atoms with van der Waals surface area (Å²) in [5, 5.41) is 12.1. The number of hydrogen-bond donors (Lipinski definition) is 1. The lowest BCUT2D eigenvalue weighted by Crippen LogP contribution is -2.30. The number of pyridine rings is 2. The van der Waals surface area contributed by atoms with E-state index >= 15 is 0 Å². The minimum Gasteiger partial charge on any atom is -0.304 e. The van der Waals surface area contributed by atoms with E-state index in [1.54, 1.807) is 6.07 Å². The molecule has 2 atom stereocenters. The molecule has 1 aliphatic heterocycles. The van der Waals surface area contributed by atoms with Crippen molar-refractivity contribution in [1.29, 1.82) is 5.26 Å². The predicted octanol–water partition coefficient (Wildman–Crippen LogP) is 3.24. The van der Waals surface area contributed by atoms with E-state index in [-0.39, 0.29) is 37.2 Å². The molecule has 5 nitrogen and oxygen atoms in total. The van der Waals surface area contributed by atoms with Gasteiger partial charge in [-0.2, -0.15) is 18.4 Å². The van der Waals surface area contributed by atoms with Crippen LogP contribution in [0.25, 0.3) is 11.1 Å². The molecule has 1 saturated heterocycles. The highest BCUT2D eigenvalue weighted by Crippen LogP contribution is 2.30. The van der Waals surface area contributed by atoms with Crippen molar-refractivity contribution < 1.29 is 22.4 Å². The number of alkyl halides is 4. The quantitative estimate of drug-likeness (QED) is 0.791. The number of nitrogens with zero attached hydrogens (tertiary/aromatic N) is 3. The van der Waals surface area contributed by atoms with E-state index < -0.39 is 24.1 Å². The van der Waals surface area contributed by atoms with Crippen molar-refractivity contribution in [2.45, 2.75) is 37.7 Å². The van der Waals surface area contributed by atoms with Gasteiger partial charge in [0.15, 0.2) is 0 Å². The van der Waals surface area contributed by atoms with Gasteiger partial charge in [-0.05, 0) is 18.6 Å². The summed E-state index contributed by atoms with van der Waals surface area (Å²) < 4.78 is 51.2. The molecule has 0 bridgehead atoms. The number of Topliss-reactive ketones (excluding diaryl/α,β-unsaturated/α-hetero) is 1. The average Bonchev–Trinajstić information content (AvgIpc) is 3.12. The molecule has 0 saturated carbocycles. The number of aromatic nitrogens is 2. The van der Waals surface area contributed by atoms with E-state index in [9.17, 15) is 27.6 Å². The first-order chi connectivity index (χ1) is 13.3. The summed E-state index contributed by atoms with van der Waals surface area (Å²) in [6.45, 7) is 0.163. The molecule has 1 fully saturated rings. The van der Waals surface area contributed by atoms with Gasteiger partial charge in [0, 0.05) is 48.6 Å². The van der Waals surface area contributed by atoms with E-state index in [1.165, 1.54) is 12.3 Å². The van der Waals surface area contributed by atoms with Crippen LogP contribution in [0.1, 0.15) is 29.8 Å². The van der Waals surface area contributed by atoms with Gasteiger partial charge in [-0.3, -0.25) is 14.8 Å². The Morgan fingerprint density at radius 3 is 2.64 bits per heavy atom. The summed E-state index contributed by atoms with van der Waals surface area (Å²) in [6.07, 6.45) is -2.62. The van der Waals surface area contributed by atoms with Crippen molar-refractivity contribution in [2.75, 3.05) is 6.54 Å². The lowest BCUT2D eigenvalue weighted by Gasteiger charge is -2.10. The normalized spacial score (nSPS) is 19.4. The van der Waals surface area contributed by atoms with E-state index in [2.05, 4.69) is 15.3 Å². The van der Waals surface area contributed by atoms with Crippen LogP contribution in [0.15, 0.2) is 30.6 Å². The molecule has 0 amide bonds. The van der Waals surface area contributed by atoms with Crippen LogP contribution in [0.2, 0.25) is 0 Å². The Bertz CT molecular complexity index is 906. The minimum absolute atomic E-state index is 0.121. The summed E-state index contributed by atoms with van der Waals surface area (Å²) in [5.74, 6) is -0.121. The van der Waals surface area contributed by atoms with Gasteiger partial charge in [-0.15, -0.1) is 0 Å². The highest BCUT2D eigenvalue weighted by atomic mass is 19.4. The molecule has 9 heteroatoms. The SMILES string of the molecule is N#Cc1cnc(CCC(=O)[C@@H]2C[C@@H](F)CN2)cc1-c1ccc(C(F)(F)F)nc1. The van der Waals surface area contributed by atoms with Crippen LogP contribution in [0, 0.1) is 11.3 Å². The van der Waals surface area contributed by atoms with Crippen LogP contribution < -0.4 is 5.32 Å². The lowest BCUT2D eigenvalue weighted by molar-refractivity contribution is -0.141. The van der Waals surface area contributed by atoms with Crippen LogP contribution in [0.5, 0.6) is 0 Å². The fourth-order valence-electron chi connectivity index (χ4n) is 3.05. The van der Waals surface area contributed by atoms with E-state index in [4.69, 9.17) is 0 Å². The van der Waals surface area contributed by atoms with Gasteiger partial charge in [0.2, 0.25) is 0 Å². The monoisotopic (exact) mass is 392 g/mol. The molecule has 0 aromatic carbocycles. The predicted molar refractivity (Wildman–Crippen MR) is 91.8 cm³/mol. The Morgan fingerprint density at radius 1 is 1.29 bits per heavy atom. The second-order valence-corrected chi connectivity index (χ2v) is 6.52. The first-order valence-electron chi connectivity index (χ1n) is 8.60. The zero-order valence-corrected chi connectivity index (χ0v) is 14.6. The van der Waals surface area contributed by atoms with Crippen molar-refractivity contribution in [1.82, 2.24) is 15.3 Å². The number of aryl methyl sites for hydroxylation is 1. The largest absolute Gasteiger partial charge is 0.433 e. The van der Waals surface area contributed by atoms with Crippen molar-refractivity contribution in [2.24, 2.45) is 0 Å². The highest BCUT2D eigenvalue weighted by molar-refractivity contribution is 5.84. The number of ketones is 1. The molecular weight excluding hydrogens is 376 g/mol. The first-order valence-corrected chi connectivity index (χ1v) is 8.60. The molecule has 0 radical (unpaired) electrons. The van der Waals surface area contributed by atoms with Crippen molar-refractivity contribution in [3.63, 3.8) is 0 Å². The lowest BCUT2D eigenvalue weighted by atomic mass is 9.99. The third kappa shape index (κ3) is 4.51. The molecular formula is C19H16F4N4O. The third-order valence-electron chi connectivity index (χ3n) is 4.54. The second-order valence-electron chi connectivity index (χ2n) is 6.52. The Morgan fingerprint density at radius 2 is 2.07 bits per heavy atom. The fraction of sp³-hybridized carbons (Fsp3) is 0.368. The number of rotatable bonds is 5. The summed E-state index contributed by atoms with van der Waals surface area (Å²) >= 11 is 0. The van der Waals surface area contributed by atoms with E-state index in [0.717, 1.165) is 12.3 Å². The summed E-state index contributed by atoms with van der Waals surface area (Å²) in [4.78, 5) is 19.7. The molecule has 1 aliphatic rings. The van der Waals surface area contributed by atoms with Crippen LogP contribution in [0.4, 0.5) is 17.6 Å². The second kappa shape index (κ2) is 8.02. The van der Waals surface area contributed by atoms with Crippen LogP contribution in [-0.2, 0) is 17.4 Å². The third-order valence-corrected chi connectivity index (χ3v) is 4.54. The molecule has 146 valence electrons. The number of hydrogen-bond acceptors (Lipinski definition) is 5. The number of carbonyl (C=O) groups excluding carboxylic acids is 1. The maximum atomic E-state index is 13.2. The molecule has 0 unspecified atom stereocenters. The molecule has 2 aromatic heterocycles. The Kier molecular flexibility index (Phi) is 5.70. The summed E-state index contributed by atoms with van der Waals surface area (Å²) in [5.41, 5.74) is 0.414. The zero-order chi connectivity index (χ0) is 20.3. The first kappa shape index (κ1) is 19.9. The molecule has 0 spiro atoms. The molecule has 3 heterocycles. The van der Waals surface area contributed by atoms with Gasteiger partial charge in [0.05, 0.1) is 11.6 Å². The number of carbonyl (C=O) groups is 1. The fourth-order valence-corrected chi connectivity index (χ4v) is 3.05. The van der Waals surface area contributed by atoms with Crippen molar-refractivity contribution in [3.8, 4) is 17.2 Å². The molecule has 1 N–H and O–H groups in total. The summed E-state index contributed by atoms with van der Waals surface area (Å²) in [6, 6.07) is 5.10. The Hall–Kier alpha value is -2.86. The molecule has 2 aromatic rings. The molecule has 0 aliphatic carbocycles. The number of nitrogens with one attached hydrogen (secondary N) is 1. The highest BCUT2D eigenvalue weighted by Gasteiger charge is 2.32. The maximum Gasteiger partial charge on any atom is 0.433 e. The summed E-state index contributed by atoms with van der Waals surface area (Å²) in [7, 11) is 0. The molecule has 3 rings (SSSR count). The van der Waals surface area contributed by atoms with Gasteiger partial charge in [-0.1, -0.05) is 6.07 Å². The van der Waals surface area contributed by atoms with Gasteiger partial charge in [0.25, 0.3) is 0 Å². The number of nitriles is 1. The zero-order valence-electron chi connectivity index (χ0n) is 14.6. The van der Waals surface area contributed by atoms with Crippen molar-refractivity contribution >= 4 is 5.78 Å². The van der Waals surface area contributed by atoms with Gasteiger partial charge >= 0.3 is 6.18 Å². The standard InChI is InChI=1S/C19H16F4N4O/c20-13-5-16(26-10-13)17(28)3-2-14-6-15(12(7-24)9-25-14)11-1-4-18(27-8-11)19(21,22)23/h1,4,6,8-9,13,16,26H,2-3,5,10H2/t13-,16+/m1/s1. The average molecular weight is 392 g/mol. The van der Waals surface area contributed by atoms with E-state index in [1.807, 2.05) is 6.07 Å². The minimum atomic E-state index is -4.55. The van der Waals surface area contributed by atoms with Gasteiger partial charge in [-0.25, -0.2) is 4.39 Å². The Labute approximate surface area is 158 Å². The maximum absolute atomic E-state index is 13.2. The number of halogens is 4. The van der Waals surface area contributed by atoms with Gasteiger partial charge < -0.3 is 5.32 Å².